The predicted molar refractivity (Wildman–Crippen MR) is 72.6 cm³/mol. The molecule has 0 bridgehead atoms. The number of fused-ring (bicyclic) bond motifs is 1. The zero-order chi connectivity index (χ0) is 15.2. The fourth-order valence-corrected chi connectivity index (χ4v) is 2.93. The number of hydrogen-bond acceptors (Lipinski definition) is 2. The van der Waals surface area contributed by atoms with Crippen LogP contribution in [-0.2, 0) is 12.0 Å². The molecule has 1 atom stereocenters. The lowest BCUT2D eigenvalue weighted by molar-refractivity contribution is 0.407. The third-order valence-corrected chi connectivity index (χ3v) is 4.10. The summed E-state index contributed by atoms with van der Waals surface area (Å²) in [7, 11) is 1.52. The van der Waals surface area contributed by atoms with E-state index in [9.17, 15) is 13.2 Å². The maximum absolute atomic E-state index is 14.1. The summed E-state index contributed by atoms with van der Waals surface area (Å²) < 4.78 is 45.9. The van der Waals surface area contributed by atoms with E-state index in [1.807, 2.05) is 6.07 Å². The third-order valence-electron chi connectivity index (χ3n) is 4.10. The van der Waals surface area contributed by atoms with Crippen LogP contribution in [0.4, 0.5) is 13.2 Å². The highest BCUT2D eigenvalue weighted by Gasteiger charge is 2.40. The van der Waals surface area contributed by atoms with Crippen LogP contribution in [0.25, 0.3) is 0 Å². The normalized spacial score (nSPS) is 20.4. The first kappa shape index (κ1) is 13.9. The van der Waals surface area contributed by atoms with Crippen molar-refractivity contribution in [3.05, 3.63) is 64.5 Å². The van der Waals surface area contributed by atoms with E-state index >= 15 is 0 Å². The summed E-state index contributed by atoms with van der Waals surface area (Å²) in [5, 5.41) is 0. The monoisotopic (exact) mass is 293 g/mol. The second kappa shape index (κ2) is 4.77. The summed E-state index contributed by atoms with van der Waals surface area (Å²) in [4.78, 5) is 0. The van der Waals surface area contributed by atoms with Crippen LogP contribution in [0, 0.1) is 17.5 Å². The number of methoxy groups -OCH3 is 1. The highest BCUT2D eigenvalue weighted by Crippen LogP contribution is 2.42. The van der Waals surface area contributed by atoms with Gasteiger partial charge in [-0.1, -0.05) is 12.1 Å². The molecule has 2 nitrogen and oxygen atoms in total. The molecule has 2 aromatic carbocycles. The molecule has 0 saturated carbocycles. The van der Waals surface area contributed by atoms with E-state index in [1.54, 1.807) is 12.1 Å². The Kier molecular flexibility index (Phi) is 3.17. The molecule has 0 spiro atoms. The zero-order valence-electron chi connectivity index (χ0n) is 11.4. The quantitative estimate of drug-likeness (QED) is 0.863. The fraction of sp³-hybridized carbons (Fsp3) is 0.250. The summed E-state index contributed by atoms with van der Waals surface area (Å²) in [5.74, 6) is -3.35. The van der Waals surface area contributed by atoms with Gasteiger partial charge in [0.15, 0.2) is 17.5 Å². The van der Waals surface area contributed by atoms with Crippen LogP contribution in [-0.4, -0.2) is 7.11 Å². The van der Waals surface area contributed by atoms with Crippen molar-refractivity contribution in [3.8, 4) is 5.75 Å². The SMILES string of the molecule is COc1ccc2c(c1)C(N)(c1ccc(F)c(F)c1F)CC2. The lowest BCUT2D eigenvalue weighted by Crippen LogP contribution is -2.36. The first-order valence-electron chi connectivity index (χ1n) is 6.57. The largest absolute Gasteiger partial charge is 0.497 e. The number of aryl methyl sites for hydroxylation is 1. The van der Waals surface area contributed by atoms with Gasteiger partial charge in [-0.15, -0.1) is 0 Å². The van der Waals surface area contributed by atoms with E-state index in [0.29, 0.717) is 24.2 Å². The van der Waals surface area contributed by atoms with Gasteiger partial charge in [-0.05, 0) is 42.2 Å². The highest BCUT2D eigenvalue weighted by molar-refractivity contribution is 5.50. The van der Waals surface area contributed by atoms with Crippen molar-refractivity contribution < 1.29 is 17.9 Å². The minimum atomic E-state index is -1.49. The number of nitrogens with two attached hydrogens (primary N) is 1. The number of rotatable bonds is 2. The third kappa shape index (κ3) is 2.00. The summed E-state index contributed by atoms with van der Waals surface area (Å²) >= 11 is 0. The Balaban J connectivity index is 2.19. The lowest BCUT2D eigenvalue weighted by atomic mass is 9.84. The Labute approximate surface area is 120 Å². The topological polar surface area (TPSA) is 35.2 Å². The second-order valence-corrected chi connectivity index (χ2v) is 5.22. The first-order chi connectivity index (χ1) is 9.97. The molecule has 0 aromatic heterocycles. The van der Waals surface area contributed by atoms with E-state index in [2.05, 4.69) is 0 Å². The highest BCUT2D eigenvalue weighted by atomic mass is 19.2. The molecule has 1 aliphatic carbocycles. The van der Waals surface area contributed by atoms with Gasteiger partial charge in [-0.2, -0.15) is 0 Å². The number of hydrogen-bond donors (Lipinski definition) is 1. The van der Waals surface area contributed by atoms with E-state index in [-0.39, 0.29) is 5.56 Å². The first-order valence-corrected chi connectivity index (χ1v) is 6.57. The Morgan fingerprint density at radius 2 is 1.81 bits per heavy atom. The zero-order valence-corrected chi connectivity index (χ0v) is 11.4. The molecular formula is C16H14F3NO. The molecule has 0 saturated heterocycles. The summed E-state index contributed by atoms with van der Waals surface area (Å²) in [6.45, 7) is 0. The van der Waals surface area contributed by atoms with Crippen molar-refractivity contribution in [2.75, 3.05) is 7.11 Å². The van der Waals surface area contributed by atoms with Crippen molar-refractivity contribution in [2.45, 2.75) is 18.4 Å². The molecule has 0 aliphatic heterocycles. The van der Waals surface area contributed by atoms with Crippen molar-refractivity contribution >= 4 is 0 Å². The molecule has 21 heavy (non-hydrogen) atoms. The molecule has 1 unspecified atom stereocenters. The van der Waals surface area contributed by atoms with Crippen molar-refractivity contribution in [1.82, 2.24) is 0 Å². The van der Waals surface area contributed by atoms with Gasteiger partial charge >= 0.3 is 0 Å². The average Bonchev–Trinajstić information content (AvgIpc) is 2.82. The van der Waals surface area contributed by atoms with Gasteiger partial charge in [0.1, 0.15) is 5.75 Å². The Morgan fingerprint density at radius 1 is 1.05 bits per heavy atom. The minimum Gasteiger partial charge on any atom is -0.497 e. The molecule has 110 valence electrons. The Morgan fingerprint density at radius 3 is 2.52 bits per heavy atom. The van der Waals surface area contributed by atoms with Crippen LogP contribution in [0.5, 0.6) is 5.75 Å². The van der Waals surface area contributed by atoms with Crippen LogP contribution in [0.3, 0.4) is 0 Å². The maximum atomic E-state index is 14.1. The van der Waals surface area contributed by atoms with Gasteiger partial charge in [0, 0.05) is 5.56 Å². The number of halogens is 3. The van der Waals surface area contributed by atoms with Gasteiger partial charge in [0.2, 0.25) is 0 Å². The molecule has 0 fully saturated rings. The standard InChI is InChI=1S/C16H14F3NO/c1-21-10-3-2-9-6-7-16(20,12(9)8-10)11-4-5-13(17)15(19)14(11)18/h2-5,8H,6-7,20H2,1H3. The van der Waals surface area contributed by atoms with E-state index in [0.717, 1.165) is 11.6 Å². The molecule has 5 heteroatoms. The van der Waals surface area contributed by atoms with Gasteiger partial charge in [-0.25, -0.2) is 13.2 Å². The molecular weight excluding hydrogens is 279 g/mol. The summed E-state index contributed by atoms with van der Waals surface area (Å²) in [5.41, 5.74) is 6.79. The maximum Gasteiger partial charge on any atom is 0.194 e. The van der Waals surface area contributed by atoms with Gasteiger partial charge in [-0.3, -0.25) is 0 Å². The van der Waals surface area contributed by atoms with E-state index < -0.39 is 23.0 Å². The lowest BCUT2D eigenvalue weighted by Gasteiger charge is -2.27. The predicted octanol–water partition coefficient (Wildman–Crippen LogP) is 3.26. The van der Waals surface area contributed by atoms with Crippen molar-refractivity contribution in [3.63, 3.8) is 0 Å². The van der Waals surface area contributed by atoms with Crippen LogP contribution in [0.1, 0.15) is 23.1 Å². The van der Waals surface area contributed by atoms with Crippen LogP contribution in [0.2, 0.25) is 0 Å². The van der Waals surface area contributed by atoms with E-state index in [1.165, 1.54) is 13.2 Å². The van der Waals surface area contributed by atoms with Crippen LogP contribution >= 0.6 is 0 Å². The second-order valence-electron chi connectivity index (χ2n) is 5.22. The summed E-state index contributed by atoms with van der Waals surface area (Å²) in [6.07, 6.45) is 1.08. The fourth-order valence-electron chi connectivity index (χ4n) is 2.93. The average molecular weight is 293 g/mol. The van der Waals surface area contributed by atoms with Crippen LogP contribution < -0.4 is 10.5 Å². The Hall–Kier alpha value is -2.01. The van der Waals surface area contributed by atoms with Gasteiger partial charge in [0.25, 0.3) is 0 Å². The van der Waals surface area contributed by atoms with Crippen molar-refractivity contribution in [2.24, 2.45) is 5.73 Å². The molecule has 2 N–H and O–H groups in total. The number of benzene rings is 2. The Bertz CT molecular complexity index is 717. The molecule has 0 amide bonds. The number of ether oxygens (including phenoxy) is 1. The van der Waals surface area contributed by atoms with E-state index in [4.69, 9.17) is 10.5 Å². The van der Waals surface area contributed by atoms with Crippen LogP contribution in [0.15, 0.2) is 30.3 Å². The molecule has 3 rings (SSSR count). The summed E-state index contributed by atoms with van der Waals surface area (Å²) in [6, 6.07) is 7.50. The molecule has 2 aromatic rings. The molecule has 0 heterocycles. The molecule has 0 radical (unpaired) electrons. The smallest absolute Gasteiger partial charge is 0.194 e. The van der Waals surface area contributed by atoms with Gasteiger partial charge in [0.05, 0.1) is 12.6 Å². The minimum absolute atomic E-state index is 0.0339. The molecule has 1 aliphatic rings. The van der Waals surface area contributed by atoms with Gasteiger partial charge < -0.3 is 10.5 Å². The van der Waals surface area contributed by atoms with Crippen molar-refractivity contribution in [1.29, 1.82) is 0 Å².